The van der Waals surface area contributed by atoms with Gasteiger partial charge in [0, 0.05) is 6.42 Å². The van der Waals surface area contributed by atoms with Crippen LogP contribution in [0.15, 0.2) is 18.5 Å². The third kappa shape index (κ3) is 4.17. The van der Waals surface area contributed by atoms with Gasteiger partial charge in [-0.3, -0.25) is 0 Å². The Morgan fingerprint density at radius 1 is 1.41 bits per heavy atom. The molecule has 2 aromatic heterocycles. The highest BCUT2D eigenvalue weighted by atomic mass is 16.7. The standard InChI is InChI=1S/C23H29N5O6/c1-12-14-6-13(7-15(12)14)32-21(29)31-10-23(9-24)8-18(33-22(2,3)30)19(34-23)16-4-5-17-20(25)26-11-27-28(16)17/h4-5,11-15,18-19,30H,6-8,10H2,1-3H3,(H2,25,26,27)/t12?,13?,14-,15+,18-,19+,23-/m1/s1. The van der Waals surface area contributed by atoms with Crippen molar-refractivity contribution in [2.24, 2.45) is 17.8 Å². The number of hydrogen-bond donors (Lipinski definition) is 2. The van der Waals surface area contributed by atoms with Gasteiger partial charge >= 0.3 is 6.16 Å². The Labute approximate surface area is 196 Å². The minimum absolute atomic E-state index is 0.0598. The first kappa shape index (κ1) is 22.8. The van der Waals surface area contributed by atoms with Crippen LogP contribution >= 0.6 is 0 Å². The molecule has 182 valence electrons. The Hall–Kier alpha value is -2.94. The summed E-state index contributed by atoms with van der Waals surface area (Å²) in [5.74, 6) is 0.781. The van der Waals surface area contributed by atoms with Crippen molar-refractivity contribution in [1.82, 2.24) is 14.6 Å². The number of carbonyl (C=O) groups is 1. The zero-order chi connectivity index (χ0) is 24.3. The van der Waals surface area contributed by atoms with Gasteiger partial charge in [0.1, 0.15) is 36.7 Å². The van der Waals surface area contributed by atoms with Gasteiger partial charge in [-0.1, -0.05) is 6.92 Å². The second-order valence-electron chi connectivity index (χ2n) is 10.1. The first-order chi connectivity index (χ1) is 16.1. The molecular weight excluding hydrogens is 442 g/mol. The van der Waals surface area contributed by atoms with Crippen LogP contribution in [-0.4, -0.2) is 56.1 Å². The minimum atomic E-state index is -1.49. The molecule has 34 heavy (non-hydrogen) atoms. The predicted octanol–water partition coefficient (Wildman–Crippen LogP) is 2.35. The molecule has 3 fully saturated rings. The Balaban J connectivity index is 1.31. The van der Waals surface area contributed by atoms with E-state index in [0.29, 0.717) is 29.0 Å². The van der Waals surface area contributed by atoms with Gasteiger partial charge in [0.05, 0.1) is 11.8 Å². The normalized spacial score (nSPS) is 34.6. The molecule has 7 atom stereocenters. The summed E-state index contributed by atoms with van der Waals surface area (Å²) >= 11 is 0. The molecule has 11 nitrogen and oxygen atoms in total. The summed E-state index contributed by atoms with van der Waals surface area (Å²) < 4.78 is 24.3. The summed E-state index contributed by atoms with van der Waals surface area (Å²) in [5.41, 5.74) is 5.59. The van der Waals surface area contributed by atoms with E-state index < -0.39 is 29.8 Å². The third-order valence-electron chi connectivity index (χ3n) is 7.18. The number of carbonyl (C=O) groups excluding carboxylic acids is 1. The smallest absolute Gasteiger partial charge is 0.431 e. The molecule has 3 heterocycles. The molecule has 0 amide bonds. The fourth-order valence-corrected chi connectivity index (χ4v) is 5.47. The number of aliphatic hydroxyl groups is 1. The molecule has 1 saturated heterocycles. The summed E-state index contributed by atoms with van der Waals surface area (Å²) in [7, 11) is 0. The Morgan fingerprint density at radius 2 is 2.15 bits per heavy atom. The second kappa shape index (κ2) is 8.08. The lowest BCUT2D eigenvalue weighted by Crippen LogP contribution is -2.36. The summed E-state index contributed by atoms with van der Waals surface area (Å²) in [5, 5.41) is 24.5. The highest BCUT2D eigenvalue weighted by Crippen LogP contribution is 2.57. The van der Waals surface area contributed by atoms with Gasteiger partial charge in [0.15, 0.2) is 17.2 Å². The summed E-state index contributed by atoms with van der Waals surface area (Å²) in [6, 6.07) is 5.62. The van der Waals surface area contributed by atoms with E-state index >= 15 is 0 Å². The number of nitrogens with two attached hydrogens (primary N) is 1. The Kier molecular flexibility index (Phi) is 5.42. The molecule has 1 aliphatic heterocycles. The fourth-order valence-electron chi connectivity index (χ4n) is 5.47. The van der Waals surface area contributed by atoms with Gasteiger partial charge in [-0.15, -0.1) is 0 Å². The molecule has 2 aliphatic carbocycles. The topological polar surface area (TPSA) is 154 Å². The van der Waals surface area contributed by atoms with Crippen LogP contribution in [0.3, 0.4) is 0 Å². The fraction of sp³-hybridized carbons (Fsp3) is 0.652. The van der Waals surface area contributed by atoms with Crippen LogP contribution in [0, 0.1) is 29.1 Å². The van der Waals surface area contributed by atoms with E-state index in [4.69, 9.17) is 24.7 Å². The SMILES string of the molecule is CC1[C@H]2CC(OC(=O)OC[C@]3(C#N)C[C@@H](OC(C)(C)O)[C@H](c4ccc5c(N)ncnn45)O3)C[C@@H]12. The molecule has 5 rings (SSSR count). The van der Waals surface area contributed by atoms with Crippen LogP contribution in [0.5, 0.6) is 0 Å². The van der Waals surface area contributed by atoms with Crippen LogP contribution in [0.4, 0.5) is 10.6 Å². The van der Waals surface area contributed by atoms with Crippen molar-refractivity contribution in [3.8, 4) is 6.07 Å². The Bertz CT molecular complexity index is 1130. The first-order valence-corrected chi connectivity index (χ1v) is 11.5. The number of nitriles is 1. The van der Waals surface area contributed by atoms with Crippen LogP contribution < -0.4 is 5.73 Å². The highest BCUT2D eigenvalue weighted by molar-refractivity contribution is 5.65. The average Bonchev–Trinajstić information content (AvgIpc) is 3.21. The number of nitrogens with zero attached hydrogens (tertiary/aromatic N) is 4. The molecule has 2 aromatic rings. The third-order valence-corrected chi connectivity index (χ3v) is 7.18. The molecular formula is C23H29N5O6. The maximum atomic E-state index is 12.3. The monoisotopic (exact) mass is 471 g/mol. The van der Waals surface area contributed by atoms with Crippen LogP contribution in [0.25, 0.3) is 5.52 Å². The van der Waals surface area contributed by atoms with Crippen molar-refractivity contribution in [2.75, 3.05) is 12.3 Å². The summed E-state index contributed by atoms with van der Waals surface area (Å²) in [6.07, 6.45) is 0.629. The quantitative estimate of drug-likeness (QED) is 0.474. The Morgan fingerprint density at radius 3 is 2.82 bits per heavy atom. The van der Waals surface area contributed by atoms with E-state index in [0.717, 1.165) is 12.8 Å². The molecule has 0 bridgehead atoms. The van der Waals surface area contributed by atoms with E-state index in [-0.39, 0.29) is 24.9 Å². The minimum Gasteiger partial charge on any atom is -0.431 e. The van der Waals surface area contributed by atoms with E-state index in [1.165, 1.54) is 20.2 Å². The van der Waals surface area contributed by atoms with Crippen molar-refractivity contribution in [1.29, 1.82) is 5.26 Å². The number of anilines is 1. The van der Waals surface area contributed by atoms with Crippen molar-refractivity contribution >= 4 is 17.5 Å². The molecule has 11 heteroatoms. The van der Waals surface area contributed by atoms with Gasteiger partial charge in [0.2, 0.25) is 0 Å². The zero-order valence-electron chi connectivity index (χ0n) is 19.4. The summed E-state index contributed by atoms with van der Waals surface area (Å²) in [6.45, 7) is 4.87. The van der Waals surface area contributed by atoms with Crippen molar-refractivity contribution in [3.63, 3.8) is 0 Å². The van der Waals surface area contributed by atoms with Crippen LogP contribution in [0.2, 0.25) is 0 Å². The highest BCUT2D eigenvalue weighted by Gasteiger charge is 2.55. The number of hydrogen-bond acceptors (Lipinski definition) is 10. The van der Waals surface area contributed by atoms with Crippen molar-refractivity contribution in [3.05, 3.63) is 24.2 Å². The number of aromatic nitrogens is 3. The lowest BCUT2D eigenvalue weighted by atomic mass is 9.99. The molecule has 3 aliphatic rings. The molecule has 2 saturated carbocycles. The van der Waals surface area contributed by atoms with Gasteiger partial charge in [-0.05, 0) is 56.6 Å². The summed E-state index contributed by atoms with van der Waals surface area (Å²) in [4.78, 5) is 16.3. The van der Waals surface area contributed by atoms with Crippen molar-refractivity contribution in [2.45, 2.75) is 69.7 Å². The lowest BCUT2D eigenvalue weighted by molar-refractivity contribution is -0.215. The molecule has 0 radical (unpaired) electrons. The van der Waals surface area contributed by atoms with Gasteiger partial charge in [0.25, 0.3) is 0 Å². The maximum absolute atomic E-state index is 12.3. The van der Waals surface area contributed by atoms with E-state index in [2.05, 4.69) is 23.1 Å². The van der Waals surface area contributed by atoms with E-state index in [1.54, 1.807) is 16.6 Å². The number of rotatable bonds is 6. The van der Waals surface area contributed by atoms with Gasteiger partial charge < -0.3 is 29.8 Å². The molecule has 3 N–H and O–H groups in total. The van der Waals surface area contributed by atoms with Crippen molar-refractivity contribution < 1.29 is 28.8 Å². The van der Waals surface area contributed by atoms with Crippen LogP contribution in [0.1, 0.15) is 51.8 Å². The molecule has 0 aromatic carbocycles. The second-order valence-corrected chi connectivity index (χ2v) is 10.1. The van der Waals surface area contributed by atoms with E-state index in [1.807, 2.05) is 0 Å². The number of nitrogen functional groups attached to an aromatic ring is 1. The number of ether oxygens (including phenoxy) is 4. The van der Waals surface area contributed by atoms with Gasteiger partial charge in [-0.25, -0.2) is 14.3 Å². The van der Waals surface area contributed by atoms with Gasteiger partial charge in [-0.2, -0.15) is 10.4 Å². The largest absolute Gasteiger partial charge is 0.508 e. The zero-order valence-corrected chi connectivity index (χ0v) is 19.4. The van der Waals surface area contributed by atoms with E-state index in [9.17, 15) is 15.2 Å². The average molecular weight is 472 g/mol. The molecule has 2 unspecified atom stereocenters. The molecule has 0 spiro atoms. The maximum Gasteiger partial charge on any atom is 0.508 e. The first-order valence-electron chi connectivity index (χ1n) is 11.5. The van der Waals surface area contributed by atoms with Crippen LogP contribution in [-0.2, 0) is 18.9 Å². The predicted molar refractivity (Wildman–Crippen MR) is 117 cm³/mol. The number of fused-ring (bicyclic) bond motifs is 2. The lowest BCUT2D eigenvalue weighted by Gasteiger charge is -2.26.